The Morgan fingerprint density at radius 1 is 1.20 bits per heavy atom. The molecular weight excluding hydrogens is 256 g/mol. The second kappa shape index (κ2) is 7.84. The molecule has 0 rings (SSSR count). The van der Waals surface area contributed by atoms with Gasteiger partial charge in [0.05, 0.1) is 5.60 Å². The van der Waals surface area contributed by atoms with E-state index in [2.05, 4.69) is 24.5 Å². The minimum atomic E-state index is -0.728. The molecule has 0 heterocycles. The summed E-state index contributed by atoms with van der Waals surface area (Å²) in [5, 5.41) is 16.1. The summed E-state index contributed by atoms with van der Waals surface area (Å²) in [5.41, 5.74) is -1.21. The number of alkyl carbamates (subject to hydrolysis) is 1. The van der Waals surface area contributed by atoms with E-state index in [1.807, 2.05) is 34.6 Å². The molecule has 3 N–H and O–H groups in total. The van der Waals surface area contributed by atoms with Crippen LogP contribution < -0.4 is 10.6 Å². The smallest absolute Gasteiger partial charge is 0.407 e. The first kappa shape index (κ1) is 19.2. The Kier molecular flexibility index (Phi) is 7.52. The number of carbonyl (C=O) groups is 1. The van der Waals surface area contributed by atoms with Gasteiger partial charge in [-0.25, -0.2) is 4.79 Å². The molecule has 1 amide bonds. The summed E-state index contributed by atoms with van der Waals surface area (Å²) in [6.07, 6.45) is 0.326. The van der Waals surface area contributed by atoms with Gasteiger partial charge in [-0.3, -0.25) is 0 Å². The van der Waals surface area contributed by atoms with Crippen LogP contribution in [0.4, 0.5) is 4.79 Å². The lowest BCUT2D eigenvalue weighted by Gasteiger charge is -2.28. The topological polar surface area (TPSA) is 70.6 Å². The highest BCUT2D eigenvalue weighted by atomic mass is 16.6. The van der Waals surface area contributed by atoms with Crippen molar-refractivity contribution < 1.29 is 14.6 Å². The first-order chi connectivity index (χ1) is 8.91. The normalized spacial score (nSPS) is 16.6. The van der Waals surface area contributed by atoms with Gasteiger partial charge in [-0.2, -0.15) is 0 Å². The molecule has 0 saturated carbocycles. The molecule has 120 valence electrons. The lowest BCUT2D eigenvalue weighted by molar-refractivity contribution is 0.0359. The fourth-order valence-corrected chi connectivity index (χ4v) is 1.97. The van der Waals surface area contributed by atoms with Gasteiger partial charge in [-0.15, -0.1) is 0 Å². The van der Waals surface area contributed by atoms with E-state index in [9.17, 15) is 9.90 Å². The lowest BCUT2D eigenvalue weighted by atomic mass is 9.94. The summed E-state index contributed by atoms with van der Waals surface area (Å²) >= 11 is 0. The largest absolute Gasteiger partial charge is 0.444 e. The Labute approximate surface area is 123 Å². The zero-order chi connectivity index (χ0) is 16.0. The van der Waals surface area contributed by atoms with Gasteiger partial charge < -0.3 is 20.5 Å². The lowest BCUT2D eigenvalue weighted by Crippen LogP contribution is -2.47. The average molecular weight is 288 g/mol. The molecule has 5 heteroatoms. The van der Waals surface area contributed by atoms with Crippen molar-refractivity contribution >= 4 is 6.09 Å². The number of carbonyl (C=O) groups excluding carboxylic acids is 1. The fraction of sp³-hybridized carbons (Fsp3) is 0.933. The molecule has 0 aliphatic carbocycles. The van der Waals surface area contributed by atoms with Gasteiger partial charge in [0.15, 0.2) is 0 Å². The van der Waals surface area contributed by atoms with Gasteiger partial charge in [-0.1, -0.05) is 13.8 Å². The van der Waals surface area contributed by atoms with Gasteiger partial charge in [0.2, 0.25) is 0 Å². The summed E-state index contributed by atoms with van der Waals surface area (Å²) in [7, 11) is 0. The molecule has 20 heavy (non-hydrogen) atoms. The molecule has 0 saturated heterocycles. The maximum Gasteiger partial charge on any atom is 0.407 e. The van der Waals surface area contributed by atoms with Crippen molar-refractivity contribution in [2.75, 3.05) is 13.1 Å². The number of rotatable bonds is 7. The summed E-state index contributed by atoms with van der Waals surface area (Å²) < 4.78 is 5.16. The first-order valence-corrected chi connectivity index (χ1v) is 7.34. The quantitative estimate of drug-likeness (QED) is 0.672. The van der Waals surface area contributed by atoms with Crippen LogP contribution in [-0.4, -0.2) is 41.5 Å². The van der Waals surface area contributed by atoms with E-state index in [0.717, 1.165) is 6.42 Å². The highest BCUT2D eigenvalue weighted by molar-refractivity contribution is 5.67. The molecule has 0 aromatic rings. The van der Waals surface area contributed by atoms with E-state index in [0.29, 0.717) is 19.0 Å². The van der Waals surface area contributed by atoms with E-state index in [1.165, 1.54) is 0 Å². The van der Waals surface area contributed by atoms with E-state index in [-0.39, 0.29) is 6.04 Å². The van der Waals surface area contributed by atoms with Crippen LogP contribution in [0.2, 0.25) is 0 Å². The second-order valence-corrected chi connectivity index (χ2v) is 7.26. The summed E-state index contributed by atoms with van der Waals surface area (Å²) in [6.45, 7) is 14.4. The summed E-state index contributed by atoms with van der Waals surface area (Å²) in [4.78, 5) is 11.5. The third-order valence-corrected chi connectivity index (χ3v) is 2.63. The third-order valence-electron chi connectivity index (χ3n) is 2.63. The third kappa shape index (κ3) is 11.1. The van der Waals surface area contributed by atoms with Crippen LogP contribution in [0, 0.1) is 5.92 Å². The van der Waals surface area contributed by atoms with Crippen LogP contribution in [-0.2, 0) is 4.74 Å². The molecular formula is C15H32N2O3. The minimum Gasteiger partial charge on any atom is -0.444 e. The van der Waals surface area contributed by atoms with Crippen LogP contribution in [0.25, 0.3) is 0 Å². The van der Waals surface area contributed by atoms with E-state index in [1.54, 1.807) is 0 Å². The number of aliphatic hydroxyl groups is 1. The number of ether oxygens (including phenoxy) is 1. The minimum absolute atomic E-state index is 0.0705. The van der Waals surface area contributed by atoms with E-state index < -0.39 is 17.3 Å². The zero-order valence-corrected chi connectivity index (χ0v) is 14.0. The molecule has 2 unspecified atom stereocenters. The van der Waals surface area contributed by atoms with Crippen molar-refractivity contribution in [3.8, 4) is 0 Å². The van der Waals surface area contributed by atoms with Gasteiger partial charge >= 0.3 is 6.09 Å². The van der Waals surface area contributed by atoms with Crippen LogP contribution >= 0.6 is 0 Å². The second-order valence-electron chi connectivity index (χ2n) is 7.26. The Morgan fingerprint density at radius 2 is 1.75 bits per heavy atom. The van der Waals surface area contributed by atoms with Gasteiger partial charge in [0, 0.05) is 19.1 Å². The molecule has 5 nitrogen and oxygen atoms in total. The molecule has 0 fully saturated rings. The van der Waals surface area contributed by atoms with Crippen molar-refractivity contribution in [2.45, 2.75) is 72.1 Å². The molecule has 0 aliphatic heterocycles. The predicted octanol–water partition coefficient (Wildman–Crippen LogP) is 2.29. The predicted molar refractivity (Wildman–Crippen MR) is 81.8 cm³/mol. The van der Waals surface area contributed by atoms with Gasteiger partial charge in [-0.05, 0) is 47.0 Å². The summed E-state index contributed by atoms with van der Waals surface area (Å²) in [6, 6.07) is 0.0705. The van der Waals surface area contributed by atoms with Crippen LogP contribution in [0.15, 0.2) is 0 Å². The van der Waals surface area contributed by atoms with E-state index in [4.69, 9.17) is 4.74 Å². The van der Waals surface area contributed by atoms with Crippen molar-refractivity contribution in [1.82, 2.24) is 10.6 Å². The monoisotopic (exact) mass is 288 g/mol. The molecule has 0 aromatic carbocycles. The van der Waals surface area contributed by atoms with E-state index >= 15 is 0 Å². The van der Waals surface area contributed by atoms with Crippen molar-refractivity contribution in [3.05, 3.63) is 0 Å². The fourth-order valence-electron chi connectivity index (χ4n) is 1.97. The molecule has 0 spiro atoms. The van der Waals surface area contributed by atoms with Crippen molar-refractivity contribution in [1.29, 1.82) is 0 Å². The highest BCUT2D eigenvalue weighted by Gasteiger charge is 2.22. The molecule has 0 radical (unpaired) electrons. The van der Waals surface area contributed by atoms with Crippen LogP contribution in [0.5, 0.6) is 0 Å². The number of amides is 1. The van der Waals surface area contributed by atoms with Crippen molar-refractivity contribution in [2.24, 2.45) is 5.92 Å². The Bertz CT molecular complexity index is 296. The Hall–Kier alpha value is -0.810. The maximum absolute atomic E-state index is 11.5. The zero-order valence-electron chi connectivity index (χ0n) is 14.0. The molecule has 0 aromatic heterocycles. The molecule has 0 bridgehead atoms. The van der Waals surface area contributed by atoms with Gasteiger partial charge in [0.25, 0.3) is 0 Å². The molecule has 2 atom stereocenters. The number of nitrogens with one attached hydrogen (secondary N) is 2. The Morgan fingerprint density at radius 3 is 2.20 bits per heavy atom. The summed E-state index contributed by atoms with van der Waals surface area (Å²) in [5.74, 6) is 0.446. The van der Waals surface area contributed by atoms with Gasteiger partial charge in [0.1, 0.15) is 5.60 Å². The van der Waals surface area contributed by atoms with Crippen LogP contribution in [0.1, 0.15) is 54.9 Å². The Balaban J connectivity index is 3.95. The average Bonchev–Trinajstić information content (AvgIpc) is 2.19. The van der Waals surface area contributed by atoms with Crippen molar-refractivity contribution in [3.63, 3.8) is 0 Å². The standard InChI is InChI=1S/C15H32N2O3/c1-11(2)8-15(7,19)10-17-12(3)9-16-13(18)20-14(4,5)6/h11-12,17,19H,8-10H2,1-7H3,(H,16,18). The number of hydrogen-bond donors (Lipinski definition) is 3. The molecule has 0 aliphatic rings. The SMILES string of the molecule is CC(C)CC(C)(O)CNC(C)CNC(=O)OC(C)(C)C. The maximum atomic E-state index is 11.5. The van der Waals surface area contributed by atoms with Crippen LogP contribution in [0.3, 0.4) is 0 Å². The highest BCUT2D eigenvalue weighted by Crippen LogP contribution is 2.15. The first-order valence-electron chi connectivity index (χ1n) is 7.34. The number of hydrogen-bond acceptors (Lipinski definition) is 4.